The van der Waals surface area contributed by atoms with E-state index < -0.39 is 0 Å². The van der Waals surface area contributed by atoms with Crippen molar-refractivity contribution in [1.82, 2.24) is 9.97 Å². The molecule has 7 heteroatoms. The van der Waals surface area contributed by atoms with Crippen LogP contribution in [0.4, 0.5) is 0 Å². The zero-order chi connectivity index (χ0) is 20.7. The molecule has 0 fully saturated rings. The second kappa shape index (κ2) is 6.93. The van der Waals surface area contributed by atoms with E-state index in [0.29, 0.717) is 38.6 Å². The predicted molar refractivity (Wildman–Crippen MR) is 112 cm³/mol. The highest BCUT2D eigenvalue weighted by Crippen LogP contribution is 2.41. The minimum absolute atomic E-state index is 0.0863. The Morgan fingerprint density at radius 3 is 2.60 bits per heavy atom. The number of oxazole rings is 1. The molecule has 0 N–H and O–H groups in total. The highest BCUT2D eigenvalue weighted by atomic mass is 32.1. The predicted octanol–water partition coefficient (Wildman–Crippen LogP) is 5.03. The Morgan fingerprint density at radius 2 is 1.90 bits per heavy atom. The van der Waals surface area contributed by atoms with E-state index in [1.807, 2.05) is 24.3 Å². The molecule has 4 aromatic rings. The molecule has 0 bridgehead atoms. The van der Waals surface area contributed by atoms with E-state index in [2.05, 4.69) is 9.97 Å². The molecule has 1 aliphatic carbocycles. The third-order valence-electron chi connectivity index (χ3n) is 4.73. The van der Waals surface area contributed by atoms with Crippen molar-refractivity contribution in [3.8, 4) is 23.6 Å². The van der Waals surface area contributed by atoms with E-state index in [-0.39, 0.29) is 11.4 Å². The fourth-order valence-corrected chi connectivity index (χ4v) is 4.32. The number of hydrogen-bond donors (Lipinski definition) is 0. The van der Waals surface area contributed by atoms with Crippen molar-refractivity contribution in [3.63, 3.8) is 0 Å². The van der Waals surface area contributed by atoms with Crippen LogP contribution in [-0.2, 0) is 0 Å². The summed E-state index contributed by atoms with van der Waals surface area (Å²) in [6.45, 7) is 0. The molecule has 0 atom stereocenters. The fourth-order valence-electron chi connectivity index (χ4n) is 3.43. The number of Topliss-reactive ketones (excluding diaryl/α,β-unsaturated/α-hetero) is 1. The molecule has 1 aliphatic rings. The standard InChI is InChI=1S/C23H10N4O2S/c24-10-14(11-25)20-16-5-1-2-6-17(16)21(28)18(20)8-15-9-19-23(30-15)27-22(29-19)13-4-3-7-26-12-13/h1-9,12H/b18-8-. The summed E-state index contributed by atoms with van der Waals surface area (Å²) in [5.41, 5.74) is 3.07. The fraction of sp³-hybridized carbons (Fsp3) is 0. The van der Waals surface area contributed by atoms with Crippen molar-refractivity contribution >= 4 is 39.2 Å². The molecule has 0 aliphatic heterocycles. The number of rotatable bonds is 2. The Hall–Kier alpha value is -4.33. The number of allylic oxidation sites excluding steroid dienone is 3. The van der Waals surface area contributed by atoms with Crippen molar-refractivity contribution in [2.24, 2.45) is 0 Å². The number of benzene rings is 1. The van der Waals surface area contributed by atoms with Gasteiger partial charge in [-0.2, -0.15) is 15.5 Å². The number of hydrogen-bond acceptors (Lipinski definition) is 7. The van der Waals surface area contributed by atoms with Crippen LogP contribution in [0, 0.1) is 22.7 Å². The Balaban J connectivity index is 1.62. The Kier molecular flexibility index (Phi) is 4.10. The molecule has 0 unspecified atom stereocenters. The molecule has 3 aromatic heterocycles. The first-order valence-electron chi connectivity index (χ1n) is 8.91. The SMILES string of the molecule is N#CC(C#N)=C1/C(=C/c2cc3oc(-c4cccnc4)nc3s2)C(=O)c2ccccc21. The summed E-state index contributed by atoms with van der Waals surface area (Å²) >= 11 is 1.37. The molecule has 0 radical (unpaired) electrons. The smallest absolute Gasteiger partial charge is 0.229 e. The minimum Gasteiger partial charge on any atom is -0.435 e. The number of aromatic nitrogens is 2. The van der Waals surface area contributed by atoms with Crippen molar-refractivity contribution in [2.75, 3.05) is 0 Å². The topological polar surface area (TPSA) is 104 Å². The van der Waals surface area contributed by atoms with Crippen LogP contribution < -0.4 is 0 Å². The van der Waals surface area contributed by atoms with Gasteiger partial charge in [-0.05, 0) is 23.8 Å². The average molecular weight is 406 g/mol. The number of carbonyl (C=O) groups excluding carboxylic acids is 1. The van der Waals surface area contributed by atoms with Crippen LogP contribution in [0.5, 0.6) is 0 Å². The number of thiophene rings is 1. The molecule has 140 valence electrons. The van der Waals surface area contributed by atoms with Crippen molar-refractivity contribution in [3.05, 3.63) is 82.0 Å². The van der Waals surface area contributed by atoms with E-state index in [9.17, 15) is 15.3 Å². The third kappa shape index (κ3) is 2.74. The first kappa shape index (κ1) is 17.7. The zero-order valence-electron chi connectivity index (χ0n) is 15.3. The number of pyridine rings is 1. The summed E-state index contributed by atoms with van der Waals surface area (Å²) in [7, 11) is 0. The summed E-state index contributed by atoms with van der Waals surface area (Å²) in [5, 5.41) is 18.8. The van der Waals surface area contributed by atoms with Crippen LogP contribution in [0.2, 0.25) is 0 Å². The van der Waals surface area contributed by atoms with Gasteiger partial charge in [0.05, 0.1) is 5.56 Å². The summed E-state index contributed by atoms with van der Waals surface area (Å²) < 4.78 is 5.83. The van der Waals surface area contributed by atoms with E-state index in [1.54, 1.807) is 48.8 Å². The van der Waals surface area contributed by atoms with Crippen LogP contribution in [0.1, 0.15) is 20.8 Å². The minimum atomic E-state index is -0.211. The third-order valence-corrected chi connectivity index (χ3v) is 5.69. The first-order valence-corrected chi connectivity index (χ1v) is 9.72. The van der Waals surface area contributed by atoms with Gasteiger partial charge in [0.25, 0.3) is 0 Å². The first-order chi connectivity index (χ1) is 14.7. The molecule has 0 spiro atoms. The average Bonchev–Trinajstić information content (AvgIpc) is 3.42. The molecule has 0 saturated carbocycles. The van der Waals surface area contributed by atoms with Gasteiger partial charge in [-0.15, -0.1) is 11.3 Å². The monoisotopic (exact) mass is 406 g/mol. The number of nitriles is 2. The highest BCUT2D eigenvalue weighted by Gasteiger charge is 2.32. The lowest BCUT2D eigenvalue weighted by Crippen LogP contribution is -1.95. The number of carbonyl (C=O) groups is 1. The van der Waals surface area contributed by atoms with Crippen LogP contribution in [0.15, 0.2) is 70.4 Å². The summed E-state index contributed by atoms with van der Waals surface area (Å²) in [6, 6.07) is 16.3. The molecule has 0 amide bonds. The largest absolute Gasteiger partial charge is 0.435 e. The van der Waals surface area contributed by atoms with Crippen molar-refractivity contribution < 1.29 is 9.21 Å². The van der Waals surface area contributed by atoms with Crippen LogP contribution >= 0.6 is 11.3 Å². The van der Waals surface area contributed by atoms with Crippen LogP contribution in [0.25, 0.3) is 33.5 Å². The van der Waals surface area contributed by atoms with Gasteiger partial charge in [0.15, 0.2) is 16.2 Å². The van der Waals surface area contributed by atoms with Crippen molar-refractivity contribution in [1.29, 1.82) is 10.5 Å². The van der Waals surface area contributed by atoms with E-state index >= 15 is 0 Å². The summed E-state index contributed by atoms with van der Waals surface area (Å²) in [5.74, 6) is 0.266. The van der Waals surface area contributed by atoms with Gasteiger partial charge >= 0.3 is 0 Å². The molecule has 30 heavy (non-hydrogen) atoms. The maximum Gasteiger partial charge on any atom is 0.229 e. The van der Waals surface area contributed by atoms with Crippen LogP contribution in [-0.4, -0.2) is 15.8 Å². The lowest BCUT2D eigenvalue weighted by atomic mass is 9.99. The van der Waals surface area contributed by atoms with Gasteiger partial charge in [-0.1, -0.05) is 24.3 Å². The van der Waals surface area contributed by atoms with Gasteiger partial charge in [0.1, 0.15) is 17.7 Å². The van der Waals surface area contributed by atoms with Gasteiger partial charge in [0, 0.05) is 40.0 Å². The molecule has 3 heterocycles. The van der Waals surface area contributed by atoms with E-state index in [4.69, 9.17) is 4.42 Å². The summed E-state index contributed by atoms with van der Waals surface area (Å²) in [4.78, 5) is 23.0. The molecule has 1 aromatic carbocycles. The second-order valence-corrected chi connectivity index (χ2v) is 7.55. The van der Waals surface area contributed by atoms with Gasteiger partial charge in [0.2, 0.25) is 5.89 Å². The lowest BCUT2D eigenvalue weighted by molar-refractivity contribution is 0.104. The number of nitrogens with zero attached hydrogens (tertiary/aromatic N) is 4. The Bertz CT molecular complexity index is 1430. The molecular weight excluding hydrogens is 396 g/mol. The van der Waals surface area contributed by atoms with Gasteiger partial charge < -0.3 is 4.42 Å². The van der Waals surface area contributed by atoms with E-state index in [1.165, 1.54) is 11.3 Å². The maximum atomic E-state index is 13.0. The normalized spacial score (nSPS) is 14.0. The molecule has 5 rings (SSSR count). The van der Waals surface area contributed by atoms with Gasteiger partial charge in [-0.3, -0.25) is 9.78 Å². The zero-order valence-corrected chi connectivity index (χ0v) is 16.1. The quantitative estimate of drug-likeness (QED) is 0.341. The lowest BCUT2D eigenvalue weighted by Gasteiger charge is -2.01. The van der Waals surface area contributed by atoms with E-state index in [0.717, 1.165) is 10.4 Å². The molecular formula is C23H10N4O2S. The molecule has 6 nitrogen and oxygen atoms in total. The maximum absolute atomic E-state index is 13.0. The molecule has 0 saturated heterocycles. The number of ketones is 1. The summed E-state index contributed by atoms with van der Waals surface area (Å²) in [6.07, 6.45) is 5.05. The number of fused-ring (bicyclic) bond motifs is 2. The Labute approximate surface area is 174 Å². The Morgan fingerprint density at radius 1 is 1.10 bits per heavy atom. The second-order valence-electron chi connectivity index (χ2n) is 6.49. The van der Waals surface area contributed by atoms with Gasteiger partial charge in [-0.25, -0.2) is 0 Å². The van der Waals surface area contributed by atoms with Crippen LogP contribution in [0.3, 0.4) is 0 Å². The highest BCUT2D eigenvalue weighted by molar-refractivity contribution is 7.19. The van der Waals surface area contributed by atoms with Crippen molar-refractivity contribution in [2.45, 2.75) is 0 Å².